The summed E-state index contributed by atoms with van der Waals surface area (Å²) >= 11 is 0. The Morgan fingerprint density at radius 2 is 2.39 bits per heavy atom. The van der Waals surface area contributed by atoms with Crippen LogP contribution in [-0.4, -0.2) is 36.4 Å². The van der Waals surface area contributed by atoms with Crippen molar-refractivity contribution in [2.24, 2.45) is 0 Å². The summed E-state index contributed by atoms with van der Waals surface area (Å²) < 4.78 is 11.8. The maximum absolute atomic E-state index is 5.95. The van der Waals surface area contributed by atoms with Gasteiger partial charge in [0.2, 0.25) is 5.88 Å². The van der Waals surface area contributed by atoms with Gasteiger partial charge in [-0.3, -0.25) is 0 Å². The van der Waals surface area contributed by atoms with Crippen molar-refractivity contribution in [3.05, 3.63) is 24.4 Å². The van der Waals surface area contributed by atoms with Gasteiger partial charge in [-0.05, 0) is 25.5 Å². The van der Waals surface area contributed by atoms with Crippen LogP contribution in [0.5, 0.6) is 5.88 Å². The minimum absolute atomic E-state index is 0. The normalized spacial score (nSPS) is 31.0. The third kappa shape index (κ3) is 2.94. The monoisotopic (exact) mass is 270 g/mol. The first-order valence-electron chi connectivity index (χ1n) is 6.29. The first kappa shape index (κ1) is 13.6. The minimum atomic E-state index is 0. The Labute approximate surface area is 113 Å². The summed E-state index contributed by atoms with van der Waals surface area (Å²) in [6.07, 6.45) is 5.20. The fourth-order valence-corrected chi connectivity index (χ4v) is 2.70. The Kier molecular flexibility index (Phi) is 4.43. The molecular formula is C13H19ClN2O2. The second kappa shape index (κ2) is 5.87. The van der Waals surface area contributed by atoms with Crippen LogP contribution in [0.25, 0.3) is 0 Å². The average molecular weight is 271 g/mol. The molecule has 100 valence electrons. The highest BCUT2D eigenvalue weighted by Crippen LogP contribution is 2.33. The summed E-state index contributed by atoms with van der Waals surface area (Å²) in [4.78, 5) is 4.18. The van der Waals surface area contributed by atoms with Gasteiger partial charge in [-0.25, -0.2) is 4.98 Å². The van der Waals surface area contributed by atoms with Gasteiger partial charge >= 0.3 is 0 Å². The lowest BCUT2D eigenvalue weighted by atomic mass is 9.90. The molecule has 0 saturated carbocycles. The predicted octanol–water partition coefficient (Wildman–Crippen LogP) is 1.79. The molecule has 0 bridgehead atoms. The molecule has 1 spiro atoms. The molecule has 1 N–H and O–H groups in total. The van der Waals surface area contributed by atoms with Crippen LogP contribution in [0, 0.1) is 0 Å². The van der Waals surface area contributed by atoms with E-state index in [1.165, 1.54) is 6.42 Å². The highest BCUT2D eigenvalue weighted by atomic mass is 35.5. The van der Waals surface area contributed by atoms with Gasteiger partial charge in [0.25, 0.3) is 0 Å². The zero-order valence-corrected chi connectivity index (χ0v) is 11.1. The third-order valence-corrected chi connectivity index (χ3v) is 3.53. The van der Waals surface area contributed by atoms with Crippen molar-refractivity contribution < 1.29 is 9.47 Å². The Balaban J connectivity index is 0.00000120. The van der Waals surface area contributed by atoms with E-state index in [4.69, 9.17) is 9.47 Å². The second-order valence-corrected chi connectivity index (χ2v) is 4.89. The Morgan fingerprint density at radius 1 is 1.44 bits per heavy atom. The quantitative estimate of drug-likeness (QED) is 0.890. The smallest absolute Gasteiger partial charge is 0.213 e. The Bertz CT molecular complexity index is 369. The first-order chi connectivity index (χ1) is 8.36. The SMILES string of the molecule is Cl.c1ccc(O[C@H]2CO[C@]3(CCCNC3)C2)nc1. The minimum Gasteiger partial charge on any atom is -0.472 e. The van der Waals surface area contributed by atoms with E-state index < -0.39 is 0 Å². The first-order valence-corrected chi connectivity index (χ1v) is 6.29. The molecule has 4 nitrogen and oxygen atoms in total. The van der Waals surface area contributed by atoms with E-state index in [2.05, 4.69) is 10.3 Å². The number of nitrogens with one attached hydrogen (secondary N) is 1. The fourth-order valence-electron chi connectivity index (χ4n) is 2.70. The van der Waals surface area contributed by atoms with Gasteiger partial charge in [-0.15, -0.1) is 12.4 Å². The molecule has 2 fully saturated rings. The van der Waals surface area contributed by atoms with E-state index in [1.54, 1.807) is 6.20 Å². The molecule has 0 amide bonds. The second-order valence-electron chi connectivity index (χ2n) is 4.89. The number of pyridine rings is 1. The van der Waals surface area contributed by atoms with Crippen LogP contribution >= 0.6 is 12.4 Å². The van der Waals surface area contributed by atoms with Crippen LogP contribution in [0.4, 0.5) is 0 Å². The summed E-state index contributed by atoms with van der Waals surface area (Å²) in [5.41, 5.74) is 0.0116. The molecule has 3 rings (SSSR count). The molecule has 0 aromatic carbocycles. The van der Waals surface area contributed by atoms with Crippen molar-refractivity contribution >= 4 is 12.4 Å². The van der Waals surface area contributed by atoms with Gasteiger partial charge in [0.15, 0.2) is 0 Å². The molecule has 1 aromatic heterocycles. The molecule has 0 aliphatic carbocycles. The van der Waals surface area contributed by atoms with Gasteiger partial charge in [0.05, 0.1) is 12.2 Å². The topological polar surface area (TPSA) is 43.4 Å². The molecule has 0 unspecified atom stereocenters. The lowest BCUT2D eigenvalue weighted by molar-refractivity contribution is -0.0153. The van der Waals surface area contributed by atoms with Crippen molar-refractivity contribution in [1.82, 2.24) is 10.3 Å². The van der Waals surface area contributed by atoms with E-state index >= 15 is 0 Å². The summed E-state index contributed by atoms with van der Waals surface area (Å²) in [6.45, 7) is 2.74. The number of ether oxygens (including phenoxy) is 2. The molecule has 5 heteroatoms. The molecule has 1 aromatic rings. The molecule has 0 radical (unpaired) electrons. The molecule has 2 saturated heterocycles. The van der Waals surface area contributed by atoms with Crippen molar-refractivity contribution in [2.75, 3.05) is 19.7 Å². The third-order valence-electron chi connectivity index (χ3n) is 3.53. The van der Waals surface area contributed by atoms with Crippen LogP contribution in [-0.2, 0) is 4.74 Å². The van der Waals surface area contributed by atoms with Crippen molar-refractivity contribution in [1.29, 1.82) is 0 Å². The van der Waals surface area contributed by atoms with Crippen molar-refractivity contribution in [3.63, 3.8) is 0 Å². The van der Waals surface area contributed by atoms with Gasteiger partial charge in [0, 0.05) is 25.2 Å². The lowest BCUT2D eigenvalue weighted by Crippen LogP contribution is -2.45. The molecule has 2 aliphatic rings. The van der Waals surface area contributed by atoms with Gasteiger partial charge in [0.1, 0.15) is 6.10 Å². The number of halogens is 1. The average Bonchev–Trinajstić information content (AvgIpc) is 2.74. The van der Waals surface area contributed by atoms with Crippen LogP contribution in [0.3, 0.4) is 0 Å². The number of nitrogens with zero attached hydrogens (tertiary/aromatic N) is 1. The number of piperidine rings is 1. The number of hydrogen-bond donors (Lipinski definition) is 1. The van der Waals surface area contributed by atoms with Gasteiger partial charge < -0.3 is 14.8 Å². The highest BCUT2D eigenvalue weighted by Gasteiger charge is 2.42. The molecular weight excluding hydrogens is 252 g/mol. The molecule has 3 heterocycles. The van der Waals surface area contributed by atoms with E-state index in [0.29, 0.717) is 12.5 Å². The number of aromatic nitrogens is 1. The van der Waals surface area contributed by atoms with Crippen LogP contribution in [0.1, 0.15) is 19.3 Å². The Morgan fingerprint density at radius 3 is 3.11 bits per heavy atom. The van der Waals surface area contributed by atoms with E-state index in [0.717, 1.165) is 25.9 Å². The highest BCUT2D eigenvalue weighted by molar-refractivity contribution is 5.85. The van der Waals surface area contributed by atoms with E-state index in [9.17, 15) is 0 Å². The van der Waals surface area contributed by atoms with Crippen LogP contribution in [0.15, 0.2) is 24.4 Å². The van der Waals surface area contributed by atoms with Crippen LogP contribution < -0.4 is 10.1 Å². The predicted molar refractivity (Wildman–Crippen MR) is 71.3 cm³/mol. The zero-order valence-electron chi connectivity index (χ0n) is 10.3. The van der Waals surface area contributed by atoms with Gasteiger partial charge in [-0.1, -0.05) is 6.07 Å². The van der Waals surface area contributed by atoms with Crippen LogP contribution in [0.2, 0.25) is 0 Å². The Hall–Kier alpha value is -0.840. The maximum Gasteiger partial charge on any atom is 0.213 e. The van der Waals surface area contributed by atoms with E-state index in [-0.39, 0.29) is 24.1 Å². The molecule has 2 aliphatic heterocycles. The summed E-state index contributed by atoms with van der Waals surface area (Å²) in [5, 5.41) is 3.41. The largest absolute Gasteiger partial charge is 0.472 e. The van der Waals surface area contributed by atoms with Gasteiger partial charge in [-0.2, -0.15) is 0 Å². The molecule has 18 heavy (non-hydrogen) atoms. The number of rotatable bonds is 2. The maximum atomic E-state index is 5.95. The summed E-state index contributed by atoms with van der Waals surface area (Å²) in [5.74, 6) is 0.696. The summed E-state index contributed by atoms with van der Waals surface area (Å²) in [6, 6.07) is 5.73. The van der Waals surface area contributed by atoms with E-state index in [1.807, 2.05) is 18.2 Å². The van der Waals surface area contributed by atoms with Crippen molar-refractivity contribution in [2.45, 2.75) is 31.0 Å². The standard InChI is InChI=1S/C13H18N2O2.ClH/c1-2-7-15-12(4-1)17-11-8-13(16-9-11)5-3-6-14-10-13;/h1-2,4,7,11,14H,3,5-6,8-10H2;1H/t11-,13-;/m1./s1. The zero-order chi connectivity index (χ0) is 11.6. The van der Waals surface area contributed by atoms with Crippen molar-refractivity contribution in [3.8, 4) is 5.88 Å². The molecule has 2 atom stereocenters. The fraction of sp³-hybridized carbons (Fsp3) is 0.615. The summed E-state index contributed by atoms with van der Waals surface area (Å²) in [7, 11) is 0. The number of hydrogen-bond acceptors (Lipinski definition) is 4. The lowest BCUT2D eigenvalue weighted by Gasteiger charge is -2.32.